The van der Waals surface area contributed by atoms with Gasteiger partial charge in [-0.15, -0.1) is 0 Å². The maximum absolute atomic E-state index is 12.3. The van der Waals surface area contributed by atoms with E-state index in [0.717, 1.165) is 12.0 Å². The lowest BCUT2D eigenvalue weighted by Crippen LogP contribution is -2.36. The standard InChI is InChI=1S/C20H21N3O4/c1-23-16-10-14(6-7-17(16)27-12-19(23)24)22-20(25)21-11-18-15-5-3-2-4-13(15)8-9-26-18/h2-7,10,18H,8-9,11-12H2,1H3,(H2,21,22,25). The van der Waals surface area contributed by atoms with Crippen molar-refractivity contribution in [1.82, 2.24) is 5.32 Å². The van der Waals surface area contributed by atoms with Crippen LogP contribution >= 0.6 is 0 Å². The number of hydrogen-bond acceptors (Lipinski definition) is 4. The molecule has 2 aromatic carbocycles. The van der Waals surface area contributed by atoms with Gasteiger partial charge in [0.1, 0.15) is 11.9 Å². The average Bonchev–Trinajstić information content (AvgIpc) is 2.69. The molecule has 7 nitrogen and oxygen atoms in total. The van der Waals surface area contributed by atoms with E-state index >= 15 is 0 Å². The van der Waals surface area contributed by atoms with Gasteiger partial charge in [-0.3, -0.25) is 4.79 Å². The molecule has 0 saturated heterocycles. The number of ether oxygens (including phenoxy) is 2. The van der Waals surface area contributed by atoms with Gasteiger partial charge in [0, 0.05) is 19.3 Å². The molecule has 2 aromatic rings. The van der Waals surface area contributed by atoms with E-state index in [9.17, 15) is 9.59 Å². The van der Waals surface area contributed by atoms with Crippen molar-refractivity contribution in [2.75, 3.05) is 37.0 Å². The highest BCUT2D eigenvalue weighted by molar-refractivity contribution is 5.99. The molecule has 2 aliphatic heterocycles. The third kappa shape index (κ3) is 3.59. The summed E-state index contributed by atoms with van der Waals surface area (Å²) in [5, 5.41) is 5.65. The van der Waals surface area contributed by atoms with E-state index in [1.165, 1.54) is 10.5 Å². The number of carbonyl (C=O) groups is 2. The van der Waals surface area contributed by atoms with Gasteiger partial charge < -0.3 is 25.0 Å². The molecule has 2 heterocycles. The van der Waals surface area contributed by atoms with Crippen molar-refractivity contribution in [2.45, 2.75) is 12.5 Å². The van der Waals surface area contributed by atoms with Crippen molar-refractivity contribution in [1.29, 1.82) is 0 Å². The quantitative estimate of drug-likeness (QED) is 0.873. The fourth-order valence-corrected chi connectivity index (χ4v) is 3.36. The molecule has 0 radical (unpaired) electrons. The zero-order valence-corrected chi connectivity index (χ0v) is 15.0. The third-order valence-electron chi connectivity index (χ3n) is 4.84. The number of hydrogen-bond donors (Lipinski definition) is 2. The van der Waals surface area contributed by atoms with Gasteiger partial charge in [0.15, 0.2) is 6.61 Å². The van der Waals surface area contributed by atoms with E-state index in [1.54, 1.807) is 25.2 Å². The molecule has 3 amide bonds. The Kier molecular flexibility index (Phi) is 4.68. The Morgan fingerprint density at radius 1 is 1.26 bits per heavy atom. The summed E-state index contributed by atoms with van der Waals surface area (Å²) in [6.45, 7) is 1.06. The Morgan fingerprint density at radius 3 is 3.00 bits per heavy atom. The van der Waals surface area contributed by atoms with Crippen molar-refractivity contribution in [3.63, 3.8) is 0 Å². The number of nitrogens with one attached hydrogen (secondary N) is 2. The second-order valence-corrected chi connectivity index (χ2v) is 6.57. The van der Waals surface area contributed by atoms with Gasteiger partial charge in [0.05, 0.1) is 12.3 Å². The molecule has 4 rings (SSSR count). The van der Waals surface area contributed by atoms with Crippen LogP contribution in [0.2, 0.25) is 0 Å². The van der Waals surface area contributed by atoms with Gasteiger partial charge in [-0.2, -0.15) is 0 Å². The van der Waals surface area contributed by atoms with Crippen LogP contribution in [0, 0.1) is 0 Å². The topological polar surface area (TPSA) is 79.9 Å². The molecule has 1 atom stereocenters. The first-order chi connectivity index (χ1) is 13.1. The lowest BCUT2D eigenvalue weighted by atomic mass is 9.98. The summed E-state index contributed by atoms with van der Waals surface area (Å²) in [4.78, 5) is 25.6. The number of nitrogens with zero attached hydrogens (tertiary/aromatic N) is 1. The number of likely N-dealkylation sites (N-methyl/N-ethyl adjacent to an activating group) is 1. The maximum atomic E-state index is 12.3. The molecule has 0 fully saturated rings. The van der Waals surface area contributed by atoms with Crippen LogP contribution in [0.25, 0.3) is 0 Å². The van der Waals surface area contributed by atoms with Gasteiger partial charge in [-0.1, -0.05) is 24.3 Å². The number of fused-ring (bicyclic) bond motifs is 2. The largest absolute Gasteiger partial charge is 0.482 e. The second-order valence-electron chi connectivity index (χ2n) is 6.57. The third-order valence-corrected chi connectivity index (χ3v) is 4.84. The average molecular weight is 367 g/mol. The molecule has 0 spiro atoms. The van der Waals surface area contributed by atoms with Crippen LogP contribution in [0.5, 0.6) is 5.75 Å². The molecule has 0 bridgehead atoms. The number of rotatable bonds is 3. The monoisotopic (exact) mass is 367 g/mol. The minimum Gasteiger partial charge on any atom is -0.482 e. The van der Waals surface area contributed by atoms with Gasteiger partial charge in [-0.25, -0.2) is 4.79 Å². The predicted octanol–water partition coefficient (Wildman–Crippen LogP) is 2.48. The summed E-state index contributed by atoms with van der Waals surface area (Å²) in [5.41, 5.74) is 3.60. The molecule has 7 heteroatoms. The van der Waals surface area contributed by atoms with Crippen LogP contribution < -0.4 is 20.3 Å². The summed E-state index contributed by atoms with van der Waals surface area (Å²) >= 11 is 0. The number of urea groups is 1. The van der Waals surface area contributed by atoms with Gasteiger partial charge in [0.25, 0.3) is 5.91 Å². The Labute approximate surface area is 157 Å². The first-order valence-electron chi connectivity index (χ1n) is 8.89. The lowest BCUT2D eigenvalue weighted by Gasteiger charge is -2.27. The number of benzene rings is 2. The molecular formula is C20H21N3O4. The Hall–Kier alpha value is -3.06. The zero-order valence-electron chi connectivity index (χ0n) is 15.0. The Balaban J connectivity index is 1.39. The summed E-state index contributed by atoms with van der Waals surface area (Å²) in [6.07, 6.45) is 0.740. The molecule has 140 valence electrons. The molecule has 0 saturated carbocycles. The van der Waals surface area contributed by atoms with Gasteiger partial charge in [0.2, 0.25) is 0 Å². The summed E-state index contributed by atoms with van der Waals surface area (Å²) in [5.74, 6) is 0.493. The highest BCUT2D eigenvalue weighted by Gasteiger charge is 2.23. The Bertz CT molecular complexity index is 883. The number of carbonyl (C=O) groups excluding carboxylic acids is 2. The highest BCUT2D eigenvalue weighted by atomic mass is 16.5. The minimum atomic E-state index is -0.327. The molecule has 0 aromatic heterocycles. The van der Waals surface area contributed by atoms with Crippen molar-refractivity contribution in [3.05, 3.63) is 53.6 Å². The molecule has 1 unspecified atom stereocenters. The molecule has 0 aliphatic carbocycles. The van der Waals surface area contributed by atoms with Crippen LogP contribution in [-0.4, -0.2) is 38.7 Å². The van der Waals surface area contributed by atoms with E-state index in [4.69, 9.17) is 9.47 Å². The number of amides is 3. The highest BCUT2D eigenvalue weighted by Crippen LogP contribution is 2.33. The summed E-state index contributed by atoms with van der Waals surface area (Å²) < 4.78 is 11.2. The Morgan fingerprint density at radius 2 is 2.11 bits per heavy atom. The van der Waals surface area contributed by atoms with Gasteiger partial charge >= 0.3 is 6.03 Å². The summed E-state index contributed by atoms with van der Waals surface area (Å²) in [7, 11) is 1.69. The summed E-state index contributed by atoms with van der Waals surface area (Å²) in [6, 6.07) is 13.0. The second kappa shape index (κ2) is 7.28. The van der Waals surface area contributed by atoms with Crippen molar-refractivity contribution >= 4 is 23.3 Å². The van der Waals surface area contributed by atoms with Crippen LogP contribution in [-0.2, 0) is 16.0 Å². The predicted molar refractivity (Wildman–Crippen MR) is 101 cm³/mol. The fraction of sp³-hybridized carbons (Fsp3) is 0.300. The van der Waals surface area contributed by atoms with E-state index in [0.29, 0.717) is 30.3 Å². The molecule has 2 N–H and O–H groups in total. The first kappa shape index (κ1) is 17.4. The molecule has 27 heavy (non-hydrogen) atoms. The van der Waals surface area contributed by atoms with Crippen LogP contribution in [0.4, 0.5) is 16.2 Å². The van der Waals surface area contributed by atoms with E-state index in [1.807, 2.05) is 18.2 Å². The van der Waals surface area contributed by atoms with E-state index in [2.05, 4.69) is 16.7 Å². The minimum absolute atomic E-state index is 0.0274. The smallest absolute Gasteiger partial charge is 0.319 e. The normalized spacial score (nSPS) is 18.2. The zero-order chi connectivity index (χ0) is 18.8. The van der Waals surface area contributed by atoms with Crippen LogP contribution in [0.15, 0.2) is 42.5 Å². The molecular weight excluding hydrogens is 346 g/mol. The van der Waals surface area contributed by atoms with Crippen molar-refractivity contribution < 1.29 is 19.1 Å². The van der Waals surface area contributed by atoms with Crippen molar-refractivity contribution in [3.8, 4) is 5.75 Å². The maximum Gasteiger partial charge on any atom is 0.319 e. The lowest BCUT2D eigenvalue weighted by molar-refractivity contribution is -0.120. The van der Waals surface area contributed by atoms with Gasteiger partial charge in [-0.05, 0) is 35.7 Å². The molecule has 2 aliphatic rings. The van der Waals surface area contributed by atoms with Crippen LogP contribution in [0.1, 0.15) is 17.2 Å². The first-order valence-corrected chi connectivity index (χ1v) is 8.89. The van der Waals surface area contributed by atoms with E-state index < -0.39 is 0 Å². The SMILES string of the molecule is CN1C(=O)COc2ccc(NC(=O)NCC3OCCc4ccccc43)cc21. The van der Waals surface area contributed by atoms with E-state index in [-0.39, 0.29) is 24.6 Å². The fourth-order valence-electron chi connectivity index (χ4n) is 3.36. The van der Waals surface area contributed by atoms with Crippen LogP contribution in [0.3, 0.4) is 0 Å². The number of anilines is 2. The van der Waals surface area contributed by atoms with Crippen molar-refractivity contribution in [2.24, 2.45) is 0 Å².